The van der Waals surface area contributed by atoms with Crippen LogP contribution < -0.4 is 0 Å². The van der Waals surface area contributed by atoms with Crippen LogP contribution in [0.4, 0.5) is 5.69 Å². The molecule has 0 atom stereocenters. The quantitative estimate of drug-likeness (QED) is 0.637. The fourth-order valence-corrected chi connectivity index (χ4v) is 3.31. The number of aryl methyl sites for hydroxylation is 1. The summed E-state index contributed by atoms with van der Waals surface area (Å²) in [6.45, 7) is 0. The first-order valence-electron chi connectivity index (χ1n) is 8.10. The largest absolute Gasteiger partial charge is 0.479 e. The number of nitrogens with zero attached hydrogens (tertiary/aromatic N) is 2. The monoisotopic (exact) mass is 334 g/mol. The lowest BCUT2D eigenvalue weighted by atomic mass is 9.80. The maximum Gasteiger partial charge on any atom is 0.329 e. The minimum atomic E-state index is -1.11. The Hall–Kier alpha value is -2.44. The summed E-state index contributed by atoms with van der Waals surface area (Å²) >= 11 is 0. The van der Waals surface area contributed by atoms with Crippen molar-refractivity contribution in [2.45, 2.75) is 50.5 Å². The normalized spacial score (nSPS) is 16.4. The predicted octanol–water partition coefficient (Wildman–Crippen LogP) is 2.77. The Labute approximate surface area is 140 Å². The number of carbonyl (C=O) groups excluding carboxylic acids is 1. The highest BCUT2D eigenvalue weighted by atomic mass is 16.6. The second-order valence-electron chi connectivity index (χ2n) is 6.28. The molecule has 1 aromatic rings. The van der Waals surface area contributed by atoms with Crippen molar-refractivity contribution in [3.63, 3.8) is 0 Å². The van der Waals surface area contributed by atoms with Crippen LogP contribution in [0, 0.1) is 10.1 Å². The van der Waals surface area contributed by atoms with Gasteiger partial charge in [-0.25, -0.2) is 4.79 Å². The number of likely N-dealkylation sites (N-methyl/N-ethyl adjacent to an activating group) is 1. The second kappa shape index (κ2) is 7.42. The predicted molar refractivity (Wildman–Crippen MR) is 87.6 cm³/mol. The van der Waals surface area contributed by atoms with Gasteiger partial charge in [0.25, 0.3) is 5.69 Å². The van der Waals surface area contributed by atoms with Crippen molar-refractivity contribution in [1.29, 1.82) is 0 Å². The van der Waals surface area contributed by atoms with E-state index < -0.39 is 16.4 Å². The van der Waals surface area contributed by atoms with E-state index in [0.29, 0.717) is 24.8 Å². The summed E-state index contributed by atoms with van der Waals surface area (Å²) in [5, 5.41) is 20.4. The summed E-state index contributed by atoms with van der Waals surface area (Å²) in [6.07, 6.45) is 4.02. The van der Waals surface area contributed by atoms with E-state index in [1.165, 1.54) is 17.0 Å². The van der Waals surface area contributed by atoms with Crippen LogP contribution in [0.1, 0.15) is 44.1 Å². The Morgan fingerprint density at radius 1 is 1.29 bits per heavy atom. The Morgan fingerprint density at radius 3 is 2.54 bits per heavy atom. The third kappa shape index (κ3) is 3.72. The van der Waals surface area contributed by atoms with E-state index in [2.05, 4.69) is 0 Å². The third-order valence-corrected chi connectivity index (χ3v) is 4.84. The summed E-state index contributed by atoms with van der Waals surface area (Å²) in [4.78, 5) is 35.9. The van der Waals surface area contributed by atoms with Crippen molar-refractivity contribution in [1.82, 2.24) is 4.90 Å². The van der Waals surface area contributed by atoms with Gasteiger partial charge in [-0.2, -0.15) is 0 Å². The van der Waals surface area contributed by atoms with Gasteiger partial charge in [0, 0.05) is 25.6 Å². The van der Waals surface area contributed by atoms with E-state index in [9.17, 15) is 24.8 Å². The van der Waals surface area contributed by atoms with Crippen LogP contribution in [0.2, 0.25) is 0 Å². The van der Waals surface area contributed by atoms with Gasteiger partial charge in [-0.1, -0.05) is 31.4 Å². The molecule has 7 heteroatoms. The molecule has 1 aliphatic rings. The molecule has 0 radical (unpaired) electrons. The van der Waals surface area contributed by atoms with Crippen LogP contribution in [0.3, 0.4) is 0 Å². The average Bonchev–Trinajstić information content (AvgIpc) is 2.59. The highest BCUT2D eigenvalue weighted by Gasteiger charge is 2.45. The maximum atomic E-state index is 12.5. The molecule has 24 heavy (non-hydrogen) atoms. The molecule has 0 aromatic heterocycles. The molecule has 0 saturated heterocycles. The molecule has 0 unspecified atom stereocenters. The molecular formula is C17H22N2O5. The maximum absolute atomic E-state index is 12.5. The first-order valence-corrected chi connectivity index (χ1v) is 8.10. The molecule has 1 amide bonds. The van der Waals surface area contributed by atoms with E-state index in [1.54, 1.807) is 19.2 Å². The molecule has 0 aliphatic heterocycles. The second-order valence-corrected chi connectivity index (χ2v) is 6.28. The zero-order chi connectivity index (χ0) is 17.7. The molecule has 1 aromatic carbocycles. The van der Waals surface area contributed by atoms with E-state index in [4.69, 9.17) is 0 Å². The van der Waals surface area contributed by atoms with Gasteiger partial charge in [-0.3, -0.25) is 14.9 Å². The number of carbonyl (C=O) groups is 2. The van der Waals surface area contributed by atoms with E-state index in [0.717, 1.165) is 19.3 Å². The number of hydrogen-bond donors (Lipinski definition) is 1. The highest BCUT2D eigenvalue weighted by Crippen LogP contribution is 2.33. The molecule has 130 valence electrons. The van der Waals surface area contributed by atoms with Crippen LogP contribution in [-0.2, 0) is 16.0 Å². The van der Waals surface area contributed by atoms with Crippen molar-refractivity contribution in [2.75, 3.05) is 7.05 Å². The Kier molecular flexibility index (Phi) is 5.54. The van der Waals surface area contributed by atoms with Gasteiger partial charge in [0.05, 0.1) is 4.92 Å². The fraction of sp³-hybridized carbons (Fsp3) is 0.529. The molecule has 1 fully saturated rings. The van der Waals surface area contributed by atoms with Crippen LogP contribution in [-0.4, -0.2) is 39.4 Å². The molecule has 0 bridgehead atoms. The molecule has 1 saturated carbocycles. The van der Waals surface area contributed by atoms with Gasteiger partial charge in [0.1, 0.15) is 5.54 Å². The number of rotatable bonds is 6. The van der Waals surface area contributed by atoms with Crippen LogP contribution in [0.25, 0.3) is 0 Å². The Bertz CT molecular complexity index is 638. The molecule has 1 aliphatic carbocycles. The number of nitro groups is 1. The van der Waals surface area contributed by atoms with E-state index in [-0.39, 0.29) is 18.0 Å². The van der Waals surface area contributed by atoms with E-state index in [1.807, 2.05) is 0 Å². The lowest BCUT2D eigenvalue weighted by Gasteiger charge is -2.41. The molecule has 0 heterocycles. The molecule has 7 nitrogen and oxygen atoms in total. The summed E-state index contributed by atoms with van der Waals surface area (Å²) in [5.41, 5.74) is -0.431. The number of benzene rings is 1. The summed E-state index contributed by atoms with van der Waals surface area (Å²) in [6, 6.07) is 6.16. The van der Waals surface area contributed by atoms with Gasteiger partial charge >= 0.3 is 5.97 Å². The lowest BCUT2D eigenvalue weighted by molar-refractivity contribution is -0.384. The van der Waals surface area contributed by atoms with Crippen molar-refractivity contribution in [3.8, 4) is 0 Å². The zero-order valence-electron chi connectivity index (χ0n) is 13.7. The number of non-ortho nitro benzene ring substituents is 1. The van der Waals surface area contributed by atoms with Crippen LogP contribution in [0.5, 0.6) is 0 Å². The Morgan fingerprint density at radius 2 is 1.96 bits per heavy atom. The van der Waals surface area contributed by atoms with Gasteiger partial charge in [-0.05, 0) is 24.8 Å². The first-order chi connectivity index (χ1) is 11.4. The zero-order valence-corrected chi connectivity index (χ0v) is 13.7. The fourth-order valence-electron chi connectivity index (χ4n) is 3.31. The van der Waals surface area contributed by atoms with Crippen molar-refractivity contribution in [2.24, 2.45) is 0 Å². The average molecular weight is 334 g/mol. The van der Waals surface area contributed by atoms with Crippen LogP contribution in [0.15, 0.2) is 24.3 Å². The van der Waals surface area contributed by atoms with Crippen molar-refractivity contribution < 1.29 is 19.6 Å². The number of amides is 1. The van der Waals surface area contributed by atoms with Gasteiger partial charge in [0.15, 0.2) is 0 Å². The third-order valence-electron chi connectivity index (χ3n) is 4.84. The first kappa shape index (κ1) is 17.9. The summed E-state index contributed by atoms with van der Waals surface area (Å²) in [5.74, 6) is -1.20. The number of nitro benzene ring substituents is 1. The number of aliphatic carboxylic acids is 1. The van der Waals surface area contributed by atoms with Crippen molar-refractivity contribution in [3.05, 3.63) is 39.9 Å². The molecule has 0 spiro atoms. The van der Waals surface area contributed by atoms with Crippen LogP contribution >= 0.6 is 0 Å². The topological polar surface area (TPSA) is 101 Å². The molecular weight excluding hydrogens is 312 g/mol. The lowest BCUT2D eigenvalue weighted by Crippen LogP contribution is -2.56. The van der Waals surface area contributed by atoms with Gasteiger partial charge in [0.2, 0.25) is 5.91 Å². The summed E-state index contributed by atoms with van der Waals surface area (Å²) in [7, 11) is 1.55. The smallest absolute Gasteiger partial charge is 0.329 e. The molecule has 2 rings (SSSR count). The van der Waals surface area contributed by atoms with Crippen molar-refractivity contribution >= 4 is 17.6 Å². The van der Waals surface area contributed by atoms with Gasteiger partial charge < -0.3 is 10.0 Å². The SMILES string of the molecule is CN(C(=O)CCc1cccc([N+](=O)[O-])c1)C1(C(=O)O)CCCCC1. The minimum absolute atomic E-state index is 0.0115. The summed E-state index contributed by atoms with van der Waals surface area (Å²) < 4.78 is 0. The number of carboxylic acid groups (broad SMARTS) is 1. The standard InChI is InChI=1S/C17H22N2O5/c1-18(17(16(21)22)10-3-2-4-11-17)15(20)9-8-13-6-5-7-14(12-13)19(23)24/h5-7,12H,2-4,8-11H2,1H3,(H,21,22). The molecule has 1 N–H and O–H groups in total. The minimum Gasteiger partial charge on any atom is -0.479 e. The van der Waals surface area contributed by atoms with Gasteiger partial charge in [-0.15, -0.1) is 0 Å². The van der Waals surface area contributed by atoms with E-state index >= 15 is 0 Å². The number of carboxylic acids is 1. The highest BCUT2D eigenvalue weighted by molar-refractivity contribution is 5.87. The number of hydrogen-bond acceptors (Lipinski definition) is 4. The Balaban J connectivity index is 2.04.